The van der Waals surface area contributed by atoms with Crippen LogP contribution in [-0.2, 0) is 0 Å². The van der Waals surface area contributed by atoms with Crippen molar-refractivity contribution in [2.75, 3.05) is 11.1 Å². The van der Waals surface area contributed by atoms with E-state index in [9.17, 15) is 4.79 Å². The maximum absolute atomic E-state index is 10.7. The van der Waals surface area contributed by atoms with Crippen molar-refractivity contribution in [3.63, 3.8) is 0 Å². The van der Waals surface area contributed by atoms with E-state index in [2.05, 4.69) is 17.2 Å². The van der Waals surface area contributed by atoms with Crippen LogP contribution >= 0.6 is 0 Å². The highest BCUT2D eigenvalue weighted by molar-refractivity contribution is 5.89. The van der Waals surface area contributed by atoms with Gasteiger partial charge >= 0.3 is 5.97 Å². The summed E-state index contributed by atoms with van der Waals surface area (Å²) in [6.07, 6.45) is 4.77. The number of rotatable bonds is 3. The first kappa shape index (κ1) is 11.7. The van der Waals surface area contributed by atoms with Gasteiger partial charge in [-0.3, -0.25) is 0 Å². The molecular weight excluding hydrogens is 218 g/mol. The van der Waals surface area contributed by atoms with Gasteiger partial charge in [0.05, 0.1) is 11.3 Å². The van der Waals surface area contributed by atoms with E-state index in [1.54, 1.807) is 0 Å². The van der Waals surface area contributed by atoms with Gasteiger partial charge in [-0.25, -0.2) is 9.78 Å². The zero-order valence-electron chi connectivity index (χ0n) is 9.81. The van der Waals surface area contributed by atoms with E-state index < -0.39 is 5.97 Å². The number of carbonyl (C=O) groups is 1. The molecule has 2 atom stereocenters. The van der Waals surface area contributed by atoms with E-state index in [1.165, 1.54) is 18.7 Å². The predicted molar refractivity (Wildman–Crippen MR) is 66.0 cm³/mol. The molecule has 4 N–H and O–H groups in total. The number of hydrogen-bond donors (Lipinski definition) is 3. The Balaban J connectivity index is 2.09. The van der Waals surface area contributed by atoms with Crippen molar-refractivity contribution in [2.24, 2.45) is 5.92 Å². The maximum Gasteiger partial charge on any atom is 0.337 e. The number of anilines is 2. The van der Waals surface area contributed by atoms with Gasteiger partial charge in [-0.2, -0.15) is 0 Å². The quantitative estimate of drug-likeness (QED) is 0.745. The van der Waals surface area contributed by atoms with E-state index in [0.29, 0.717) is 17.5 Å². The van der Waals surface area contributed by atoms with Crippen LogP contribution in [0.3, 0.4) is 0 Å². The molecule has 1 fully saturated rings. The van der Waals surface area contributed by atoms with Crippen LogP contribution in [0, 0.1) is 5.92 Å². The Kier molecular flexibility index (Phi) is 3.17. The van der Waals surface area contributed by atoms with Gasteiger partial charge in [0, 0.05) is 12.2 Å². The second-order valence-corrected chi connectivity index (χ2v) is 4.73. The largest absolute Gasteiger partial charge is 0.478 e. The highest BCUT2D eigenvalue weighted by Crippen LogP contribution is 2.28. The van der Waals surface area contributed by atoms with Gasteiger partial charge in [0.2, 0.25) is 0 Å². The fraction of sp³-hybridized carbons (Fsp3) is 0.500. The number of nitrogen functional groups attached to an aromatic ring is 1. The summed E-state index contributed by atoms with van der Waals surface area (Å²) >= 11 is 0. The van der Waals surface area contributed by atoms with Crippen LogP contribution in [0.2, 0.25) is 0 Å². The van der Waals surface area contributed by atoms with Gasteiger partial charge in [-0.05, 0) is 31.2 Å². The molecule has 0 spiro atoms. The molecule has 0 saturated heterocycles. The third-order valence-electron chi connectivity index (χ3n) is 3.20. The normalized spacial score (nSPS) is 23.6. The number of carboxylic acid groups (broad SMARTS) is 1. The Morgan fingerprint density at radius 3 is 2.88 bits per heavy atom. The molecule has 0 aliphatic heterocycles. The van der Waals surface area contributed by atoms with Crippen molar-refractivity contribution in [2.45, 2.75) is 32.2 Å². The third kappa shape index (κ3) is 2.67. The van der Waals surface area contributed by atoms with Gasteiger partial charge in [-0.1, -0.05) is 6.92 Å². The second kappa shape index (κ2) is 4.61. The predicted octanol–water partition coefficient (Wildman–Crippen LogP) is 1.96. The number of nitrogens with one attached hydrogen (secondary N) is 1. The van der Waals surface area contributed by atoms with E-state index in [4.69, 9.17) is 10.8 Å². The molecule has 2 unspecified atom stereocenters. The average Bonchev–Trinajstić information content (AvgIpc) is 2.67. The van der Waals surface area contributed by atoms with Gasteiger partial charge in [-0.15, -0.1) is 0 Å². The van der Waals surface area contributed by atoms with Crippen molar-refractivity contribution < 1.29 is 9.90 Å². The molecule has 2 rings (SSSR count). The lowest BCUT2D eigenvalue weighted by Crippen LogP contribution is -2.17. The standard InChI is InChI=1S/C12H17N3O2/c1-7-2-3-9(4-7)15-11-10(13)5-8(6-14-11)12(16)17/h5-7,9H,2-4,13H2,1H3,(H,14,15)(H,16,17). The Morgan fingerprint density at radius 1 is 1.59 bits per heavy atom. The Labute approximate surface area is 100 Å². The van der Waals surface area contributed by atoms with Crippen LogP contribution in [0.1, 0.15) is 36.5 Å². The monoisotopic (exact) mass is 235 g/mol. The van der Waals surface area contributed by atoms with Gasteiger partial charge < -0.3 is 16.2 Å². The molecule has 0 amide bonds. The van der Waals surface area contributed by atoms with Crippen molar-refractivity contribution in [3.05, 3.63) is 17.8 Å². The van der Waals surface area contributed by atoms with Crippen LogP contribution in [0.5, 0.6) is 0 Å². The first-order chi connectivity index (χ1) is 8.06. The van der Waals surface area contributed by atoms with E-state index in [-0.39, 0.29) is 5.56 Å². The summed E-state index contributed by atoms with van der Waals surface area (Å²) in [6.45, 7) is 2.23. The Bertz CT molecular complexity index is 434. The molecule has 1 aromatic rings. The Morgan fingerprint density at radius 2 is 2.35 bits per heavy atom. The first-order valence-electron chi connectivity index (χ1n) is 5.81. The van der Waals surface area contributed by atoms with Crippen molar-refractivity contribution in [3.8, 4) is 0 Å². The van der Waals surface area contributed by atoms with Gasteiger partial charge in [0.25, 0.3) is 0 Å². The smallest absolute Gasteiger partial charge is 0.337 e. The first-order valence-corrected chi connectivity index (χ1v) is 5.81. The van der Waals surface area contributed by atoms with Crippen LogP contribution in [-0.4, -0.2) is 22.1 Å². The minimum atomic E-state index is -1.01. The summed E-state index contributed by atoms with van der Waals surface area (Å²) in [5.74, 6) is 0.311. The lowest BCUT2D eigenvalue weighted by atomic mass is 10.1. The molecular formula is C12H17N3O2. The maximum atomic E-state index is 10.7. The highest BCUT2D eigenvalue weighted by atomic mass is 16.4. The molecule has 0 bridgehead atoms. The summed E-state index contributed by atoms with van der Waals surface area (Å²) in [6, 6.07) is 1.84. The number of aromatic carboxylic acids is 1. The Hall–Kier alpha value is -1.78. The minimum absolute atomic E-state index is 0.118. The van der Waals surface area contributed by atoms with Crippen molar-refractivity contribution in [1.82, 2.24) is 4.98 Å². The molecule has 0 radical (unpaired) electrons. The van der Waals surface area contributed by atoms with Crippen LogP contribution in [0.4, 0.5) is 11.5 Å². The topological polar surface area (TPSA) is 88.2 Å². The van der Waals surface area contributed by atoms with Crippen LogP contribution < -0.4 is 11.1 Å². The van der Waals surface area contributed by atoms with Crippen molar-refractivity contribution >= 4 is 17.5 Å². The molecule has 0 aromatic carbocycles. The fourth-order valence-corrected chi connectivity index (χ4v) is 2.25. The lowest BCUT2D eigenvalue weighted by Gasteiger charge is -2.14. The van der Waals surface area contributed by atoms with E-state index in [0.717, 1.165) is 18.8 Å². The number of nitrogens with zero attached hydrogens (tertiary/aromatic N) is 1. The molecule has 1 aliphatic carbocycles. The molecule has 1 saturated carbocycles. The molecule has 5 nitrogen and oxygen atoms in total. The molecule has 1 aliphatic rings. The van der Waals surface area contributed by atoms with Crippen molar-refractivity contribution in [1.29, 1.82) is 0 Å². The van der Waals surface area contributed by atoms with E-state index in [1.807, 2.05) is 0 Å². The van der Waals surface area contributed by atoms with Gasteiger partial charge in [0.15, 0.2) is 0 Å². The average molecular weight is 235 g/mol. The van der Waals surface area contributed by atoms with E-state index >= 15 is 0 Å². The minimum Gasteiger partial charge on any atom is -0.478 e. The van der Waals surface area contributed by atoms with Gasteiger partial charge in [0.1, 0.15) is 5.82 Å². The zero-order chi connectivity index (χ0) is 12.4. The van der Waals surface area contributed by atoms with Crippen LogP contribution in [0.25, 0.3) is 0 Å². The SMILES string of the molecule is CC1CCC(Nc2ncc(C(=O)O)cc2N)C1. The number of aromatic nitrogens is 1. The summed E-state index contributed by atoms with van der Waals surface area (Å²) in [5, 5.41) is 12.1. The third-order valence-corrected chi connectivity index (χ3v) is 3.20. The molecule has 17 heavy (non-hydrogen) atoms. The number of nitrogens with two attached hydrogens (primary N) is 1. The molecule has 1 heterocycles. The summed E-state index contributed by atoms with van der Waals surface area (Å²) in [5.41, 5.74) is 6.29. The number of hydrogen-bond acceptors (Lipinski definition) is 4. The summed E-state index contributed by atoms with van der Waals surface area (Å²) < 4.78 is 0. The molecule has 92 valence electrons. The molecule has 5 heteroatoms. The fourth-order valence-electron chi connectivity index (χ4n) is 2.25. The zero-order valence-corrected chi connectivity index (χ0v) is 9.81. The summed E-state index contributed by atoms with van der Waals surface area (Å²) in [7, 11) is 0. The summed E-state index contributed by atoms with van der Waals surface area (Å²) in [4.78, 5) is 14.8. The second-order valence-electron chi connectivity index (χ2n) is 4.73. The number of carboxylic acids is 1. The highest BCUT2D eigenvalue weighted by Gasteiger charge is 2.22. The number of pyridine rings is 1. The van der Waals surface area contributed by atoms with Crippen LogP contribution in [0.15, 0.2) is 12.3 Å². The lowest BCUT2D eigenvalue weighted by molar-refractivity contribution is 0.0696. The molecule has 1 aromatic heterocycles.